The van der Waals surface area contributed by atoms with Crippen LogP contribution in [0, 0.1) is 0 Å². The highest BCUT2D eigenvalue weighted by Gasteiger charge is 2.12. The lowest BCUT2D eigenvalue weighted by Crippen LogP contribution is -2.14. The van der Waals surface area contributed by atoms with E-state index < -0.39 is 0 Å². The molecule has 0 aliphatic carbocycles. The Balaban J connectivity index is 1.67. The zero-order valence-electron chi connectivity index (χ0n) is 16.3. The summed E-state index contributed by atoms with van der Waals surface area (Å²) in [6, 6.07) is 18.2. The largest absolute Gasteiger partial charge is 0.497 e. The molecule has 0 radical (unpaired) electrons. The van der Waals surface area contributed by atoms with Gasteiger partial charge in [-0.1, -0.05) is 12.1 Å². The second kappa shape index (κ2) is 10.1. The molecule has 29 heavy (non-hydrogen) atoms. The van der Waals surface area contributed by atoms with Gasteiger partial charge in [-0.2, -0.15) is 0 Å². The average Bonchev–Trinajstić information content (AvgIpc) is 2.76. The maximum Gasteiger partial charge on any atom is 0.257 e. The molecule has 0 saturated carbocycles. The lowest BCUT2D eigenvalue weighted by Gasteiger charge is -2.13. The van der Waals surface area contributed by atoms with Gasteiger partial charge in [0.1, 0.15) is 12.4 Å². The zero-order chi connectivity index (χ0) is 20.5. The Morgan fingerprint density at radius 3 is 2.38 bits per heavy atom. The number of hydrogen-bond donors (Lipinski definition) is 2. The van der Waals surface area contributed by atoms with Crippen LogP contribution in [0.3, 0.4) is 0 Å². The maximum absolute atomic E-state index is 12.8. The third-order valence-electron chi connectivity index (χ3n) is 4.07. The fraction of sp³-hybridized carbons (Fsp3) is 0.182. The van der Waals surface area contributed by atoms with Crippen molar-refractivity contribution < 1.29 is 19.0 Å². The Labute approximate surface area is 169 Å². The molecule has 0 unspecified atom stereocenters. The summed E-state index contributed by atoms with van der Waals surface area (Å²) in [5.74, 6) is 1.00. The second-order valence-corrected chi connectivity index (χ2v) is 6.08. The Morgan fingerprint density at radius 1 is 0.931 bits per heavy atom. The molecule has 2 N–H and O–H groups in total. The van der Waals surface area contributed by atoms with Crippen LogP contribution in [0.2, 0.25) is 0 Å². The molecule has 2 aromatic carbocycles. The van der Waals surface area contributed by atoms with Crippen LogP contribution in [0.1, 0.15) is 10.4 Å². The summed E-state index contributed by atoms with van der Waals surface area (Å²) in [6.07, 6.45) is 1.56. The van der Waals surface area contributed by atoms with Crippen LogP contribution in [0.25, 0.3) is 0 Å². The van der Waals surface area contributed by atoms with Gasteiger partial charge in [0.2, 0.25) is 5.88 Å². The van der Waals surface area contributed by atoms with Crippen molar-refractivity contribution in [3.05, 3.63) is 72.4 Å². The molecule has 7 heteroatoms. The number of methoxy groups -OCH3 is 2. The quantitative estimate of drug-likeness (QED) is 0.533. The van der Waals surface area contributed by atoms with Gasteiger partial charge in [-0.05, 0) is 42.5 Å². The number of amides is 1. The summed E-state index contributed by atoms with van der Waals surface area (Å²) in [4.78, 5) is 17.0. The van der Waals surface area contributed by atoms with Gasteiger partial charge in [0.15, 0.2) is 0 Å². The van der Waals surface area contributed by atoms with E-state index in [1.807, 2.05) is 42.5 Å². The minimum absolute atomic E-state index is 0.239. The lowest BCUT2D eigenvalue weighted by atomic mass is 10.1. The highest BCUT2D eigenvalue weighted by molar-refractivity contribution is 6.08. The van der Waals surface area contributed by atoms with Gasteiger partial charge in [0.05, 0.1) is 36.9 Å². The van der Waals surface area contributed by atoms with E-state index in [1.54, 1.807) is 38.6 Å². The fourth-order valence-corrected chi connectivity index (χ4v) is 2.59. The summed E-state index contributed by atoms with van der Waals surface area (Å²) in [6.45, 7) is 0.901. The first-order chi connectivity index (χ1) is 14.2. The number of nitrogens with one attached hydrogen (secondary N) is 2. The van der Waals surface area contributed by atoms with Gasteiger partial charge in [0, 0.05) is 18.9 Å². The smallest absolute Gasteiger partial charge is 0.257 e. The van der Waals surface area contributed by atoms with Crippen molar-refractivity contribution in [2.24, 2.45) is 0 Å². The molecule has 150 valence electrons. The van der Waals surface area contributed by atoms with Crippen LogP contribution in [0.5, 0.6) is 11.6 Å². The molecular weight excluding hydrogens is 370 g/mol. The molecule has 0 fully saturated rings. The number of para-hydroxylation sites is 1. The van der Waals surface area contributed by atoms with E-state index in [0.29, 0.717) is 36.0 Å². The summed E-state index contributed by atoms with van der Waals surface area (Å²) < 4.78 is 15.5. The summed E-state index contributed by atoms with van der Waals surface area (Å²) in [7, 11) is 3.23. The molecule has 0 bridgehead atoms. The van der Waals surface area contributed by atoms with E-state index >= 15 is 0 Å². The summed E-state index contributed by atoms with van der Waals surface area (Å²) >= 11 is 0. The van der Waals surface area contributed by atoms with Crippen LogP contribution >= 0.6 is 0 Å². The Hall–Kier alpha value is -3.58. The van der Waals surface area contributed by atoms with Crippen LogP contribution in [-0.2, 0) is 4.74 Å². The molecule has 0 aliphatic rings. The standard InChI is InChI=1S/C22H23N3O4/c1-27-13-14-29-21-12-9-17(15-23-21)25-22(26)19-5-3-4-6-20(19)24-16-7-10-18(28-2)11-8-16/h3-12,15,24H,13-14H2,1-2H3,(H,25,26). The van der Waals surface area contributed by atoms with Crippen molar-refractivity contribution in [3.63, 3.8) is 0 Å². The third-order valence-corrected chi connectivity index (χ3v) is 4.07. The number of carbonyl (C=O) groups is 1. The first-order valence-corrected chi connectivity index (χ1v) is 9.09. The van der Waals surface area contributed by atoms with Gasteiger partial charge in [-0.15, -0.1) is 0 Å². The van der Waals surface area contributed by atoms with E-state index in [-0.39, 0.29) is 5.91 Å². The van der Waals surface area contributed by atoms with Crippen molar-refractivity contribution in [1.29, 1.82) is 0 Å². The van der Waals surface area contributed by atoms with E-state index in [9.17, 15) is 4.79 Å². The summed E-state index contributed by atoms with van der Waals surface area (Å²) in [5, 5.41) is 6.12. The van der Waals surface area contributed by atoms with E-state index in [1.165, 1.54) is 0 Å². The highest BCUT2D eigenvalue weighted by atomic mass is 16.5. The Morgan fingerprint density at radius 2 is 1.69 bits per heavy atom. The molecule has 0 spiro atoms. The van der Waals surface area contributed by atoms with Crippen molar-refractivity contribution in [1.82, 2.24) is 4.98 Å². The molecule has 1 aromatic heterocycles. The first-order valence-electron chi connectivity index (χ1n) is 9.09. The van der Waals surface area contributed by atoms with Gasteiger partial charge < -0.3 is 24.8 Å². The number of hydrogen-bond acceptors (Lipinski definition) is 6. The highest BCUT2D eigenvalue weighted by Crippen LogP contribution is 2.24. The zero-order valence-corrected chi connectivity index (χ0v) is 16.3. The molecule has 0 saturated heterocycles. The number of carbonyl (C=O) groups excluding carboxylic acids is 1. The third kappa shape index (κ3) is 5.70. The van der Waals surface area contributed by atoms with Gasteiger partial charge >= 0.3 is 0 Å². The minimum Gasteiger partial charge on any atom is -0.497 e. The number of pyridine rings is 1. The molecule has 0 aliphatic heterocycles. The molecule has 0 atom stereocenters. The van der Waals surface area contributed by atoms with Crippen molar-refractivity contribution in [2.45, 2.75) is 0 Å². The van der Waals surface area contributed by atoms with E-state index in [0.717, 1.165) is 11.4 Å². The average molecular weight is 393 g/mol. The number of ether oxygens (including phenoxy) is 3. The number of rotatable bonds is 9. The minimum atomic E-state index is -0.239. The normalized spacial score (nSPS) is 10.3. The van der Waals surface area contributed by atoms with Gasteiger partial charge in [-0.3, -0.25) is 4.79 Å². The van der Waals surface area contributed by atoms with Crippen LogP contribution in [0.4, 0.5) is 17.1 Å². The number of nitrogens with zero attached hydrogens (tertiary/aromatic N) is 1. The van der Waals surface area contributed by atoms with Crippen LogP contribution < -0.4 is 20.1 Å². The second-order valence-electron chi connectivity index (χ2n) is 6.08. The summed E-state index contributed by atoms with van der Waals surface area (Å²) in [5.41, 5.74) is 2.64. The molecule has 3 rings (SSSR count). The fourth-order valence-electron chi connectivity index (χ4n) is 2.59. The molecule has 1 amide bonds. The van der Waals surface area contributed by atoms with Crippen molar-refractivity contribution >= 4 is 23.0 Å². The van der Waals surface area contributed by atoms with Gasteiger partial charge in [0.25, 0.3) is 5.91 Å². The predicted molar refractivity (Wildman–Crippen MR) is 112 cm³/mol. The number of anilines is 3. The Kier molecular flexibility index (Phi) is 7.02. The monoisotopic (exact) mass is 393 g/mol. The Bertz CT molecular complexity index is 928. The van der Waals surface area contributed by atoms with Gasteiger partial charge in [-0.25, -0.2) is 4.98 Å². The van der Waals surface area contributed by atoms with Crippen LogP contribution in [0.15, 0.2) is 66.9 Å². The first kappa shape index (κ1) is 20.2. The van der Waals surface area contributed by atoms with E-state index in [4.69, 9.17) is 14.2 Å². The maximum atomic E-state index is 12.8. The van der Waals surface area contributed by atoms with Crippen molar-refractivity contribution in [2.75, 3.05) is 38.1 Å². The molecule has 1 heterocycles. The molecular formula is C22H23N3O4. The topological polar surface area (TPSA) is 81.7 Å². The van der Waals surface area contributed by atoms with E-state index in [2.05, 4.69) is 15.6 Å². The molecule has 3 aromatic rings. The lowest BCUT2D eigenvalue weighted by molar-refractivity contribution is 0.102. The number of benzene rings is 2. The predicted octanol–water partition coefficient (Wildman–Crippen LogP) is 4.11. The van der Waals surface area contributed by atoms with Crippen LogP contribution in [-0.4, -0.2) is 38.3 Å². The number of aromatic nitrogens is 1. The van der Waals surface area contributed by atoms with Crippen molar-refractivity contribution in [3.8, 4) is 11.6 Å². The molecule has 7 nitrogen and oxygen atoms in total. The SMILES string of the molecule is COCCOc1ccc(NC(=O)c2ccccc2Nc2ccc(OC)cc2)cn1.